The lowest BCUT2D eigenvalue weighted by molar-refractivity contribution is -0.164. The Hall–Kier alpha value is -7.27. The molecule has 0 spiro atoms. The normalized spacial score (nSPS) is 15.6. The third-order valence-electron chi connectivity index (χ3n) is 18.0. The summed E-state index contributed by atoms with van der Waals surface area (Å²) in [6.07, 6.45) is 3.05. The lowest BCUT2D eigenvalue weighted by atomic mass is 9.91. The van der Waals surface area contributed by atoms with E-state index in [0.717, 1.165) is 4.90 Å². The van der Waals surface area contributed by atoms with Gasteiger partial charge in [0, 0.05) is 83.3 Å². The minimum atomic E-state index is -1.57. The molecule has 0 rings (SSSR count). The van der Waals surface area contributed by atoms with E-state index < -0.39 is 167 Å². The van der Waals surface area contributed by atoms with E-state index in [1.807, 2.05) is 47.6 Å². The Labute approximate surface area is 596 Å². The number of amides is 11. The lowest BCUT2D eigenvalue weighted by Gasteiger charge is -2.42. The molecule has 0 saturated carbocycles. The van der Waals surface area contributed by atoms with E-state index in [-0.39, 0.29) is 75.7 Å². The van der Waals surface area contributed by atoms with Crippen LogP contribution in [0, 0.1) is 41.4 Å². The van der Waals surface area contributed by atoms with Crippen LogP contribution in [0.5, 0.6) is 0 Å². The van der Waals surface area contributed by atoms with E-state index in [0.29, 0.717) is 6.42 Å². The van der Waals surface area contributed by atoms with Crippen molar-refractivity contribution >= 4 is 76.9 Å². The standard InChI is InChI=1S/C71H128N12O17/c1-29-31-32-45(13)60(100-50(18)85)59(64(89)75-52(30-2)71(96)99-34-33-77(20)49(17)84)83(26)70(95)57(44(11)12)81(24)68(93)55(37-42(7)8)80(23)67(92)54(36-41(5)6)79(22)66(91)48(16)74-61(86)46(14)73-62(87)53(35-40(3)4)78(21)69(94)56(43(9)10)76-63(88)58(51(38-97-27)39-98-28)82(25)65(90)47(15)72-19/h29,31,40-48,51-60,72H,30,32-39H2,1-28H3,(H,73,87)(H,74,86)(H,75,89)(H,76,88). The van der Waals surface area contributed by atoms with E-state index in [1.165, 1.54) is 114 Å². The van der Waals surface area contributed by atoms with Gasteiger partial charge < -0.3 is 79.8 Å². The molecule has 0 aromatic carbocycles. The second kappa shape index (κ2) is 44.9. The maximum absolute atomic E-state index is 15.3. The zero-order valence-corrected chi connectivity index (χ0v) is 65.6. The molecule has 0 aromatic rings. The molecule has 11 amide bonds. The molecule has 0 aliphatic rings. The smallest absolute Gasteiger partial charge is 0.328 e. The van der Waals surface area contributed by atoms with Gasteiger partial charge in [-0.2, -0.15) is 0 Å². The number of nitrogens with zero attached hydrogens (tertiary/aromatic N) is 7. The number of allylic oxidation sites excluding steroid dienone is 2. The van der Waals surface area contributed by atoms with Crippen LogP contribution in [0.2, 0.25) is 0 Å². The fourth-order valence-electron chi connectivity index (χ4n) is 11.8. The van der Waals surface area contributed by atoms with E-state index in [9.17, 15) is 47.9 Å². The molecule has 0 fully saturated rings. The monoisotopic (exact) mass is 1420 g/mol. The average Bonchev–Trinajstić information content (AvgIpc) is 0.800. The van der Waals surface area contributed by atoms with E-state index in [4.69, 9.17) is 18.9 Å². The zero-order valence-electron chi connectivity index (χ0n) is 65.6. The molecular weight excluding hydrogens is 1290 g/mol. The predicted octanol–water partition coefficient (Wildman–Crippen LogP) is 2.86. The summed E-state index contributed by atoms with van der Waals surface area (Å²) in [6.45, 7) is 30.2. The number of nitrogens with one attached hydrogen (secondary N) is 5. The predicted molar refractivity (Wildman–Crippen MR) is 381 cm³/mol. The number of rotatable bonds is 44. The third-order valence-corrected chi connectivity index (χ3v) is 18.0. The number of likely N-dealkylation sites (N-methyl/N-ethyl adjacent to an activating group) is 8. The summed E-state index contributed by atoms with van der Waals surface area (Å²) >= 11 is 0. The molecule has 5 N–H and O–H groups in total. The van der Waals surface area contributed by atoms with E-state index in [1.54, 1.807) is 75.6 Å². The highest BCUT2D eigenvalue weighted by atomic mass is 16.5. The first-order valence-corrected chi connectivity index (χ1v) is 35.0. The van der Waals surface area contributed by atoms with Crippen LogP contribution in [0.4, 0.5) is 0 Å². The SMILES string of the molecule is CC=CCC(C)C(OC(C)=O)C(C(=O)NC(CC)C(=O)OCCN(C)C(C)=O)N(C)C(=O)C(C(C)C)N(C)C(=O)C(CC(C)C)N(C)C(=O)C(CC(C)C)N(C)C(=O)C(C)NC(=O)C(C)NC(=O)C(CC(C)C)N(C)C(=O)C(NC(=O)C(C(COC)COC)N(C)C(=O)C(C)NC)C(C)C. The highest BCUT2D eigenvalue weighted by molar-refractivity contribution is 5.99. The van der Waals surface area contributed by atoms with Crippen LogP contribution in [0.3, 0.4) is 0 Å². The van der Waals surface area contributed by atoms with Gasteiger partial charge in [0.15, 0.2) is 0 Å². The summed E-state index contributed by atoms with van der Waals surface area (Å²) in [6, 6.07) is -13.2. The summed E-state index contributed by atoms with van der Waals surface area (Å²) in [5, 5.41) is 13.8. The fourth-order valence-corrected chi connectivity index (χ4v) is 11.8. The van der Waals surface area contributed by atoms with Crippen molar-refractivity contribution in [2.45, 2.75) is 229 Å². The highest BCUT2D eigenvalue weighted by Gasteiger charge is 2.47. The van der Waals surface area contributed by atoms with Crippen LogP contribution < -0.4 is 26.6 Å². The van der Waals surface area contributed by atoms with Crippen molar-refractivity contribution in [2.75, 3.05) is 97.0 Å². The molecule has 0 radical (unpaired) electrons. The molecule has 13 atom stereocenters. The van der Waals surface area contributed by atoms with Crippen molar-refractivity contribution in [3.63, 3.8) is 0 Å². The van der Waals surface area contributed by atoms with Crippen LogP contribution >= 0.6 is 0 Å². The van der Waals surface area contributed by atoms with Crippen molar-refractivity contribution in [2.24, 2.45) is 41.4 Å². The minimum absolute atomic E-state index is 0.0413. The Morgan fingerprint density at radius 1 is 0.470 bits per heavy atom. The molecule has 0 aromatic heterocycles. The Balaban J connectivity index is 7.23. The molecule has 574 valence electrons. The van der Waals surface area contributed by atoms with Gasteiger partial charge in [0.05, 0.1) is 25.8 Å². The van der Waals surface area contributed by atoms with Gasteiger partial charge >= 0.3 is 11.9 Å². The largest absolute Gasteiger partial charge is 0.462 e. The molecule has 0 saturated heterocycles. The number of carbonyl (C=O) groups is 13. The second-order valence-electron chi connectivity index (χ2n) is 28.5. The van der Waals surface area contributed by atoms with E-state index >= 15 is 14.4 Å². The first-order chi connectivity index (χ1) is 46.4. The van der Waals surface area contributed by atoms with Crippen LogP contribution in [-0.4, -0.2) is 281 Å². The van der Waals surface area contributed by atoms with Gasteiger partial charge in [-0.15, -0.1) is 0 Å². The molecule has 0 bridgehead atoms. The Morgan fingerprint density at radius 3 is 1.35 bits per heavy atom. The van der Waals surface area contributed by atoms with Crippen LogP contribution in [0.25, 0.3) is 0 Å². The molecular formula is C71H128N12O17. The highest BCUT2D eigenvalue weighted by Crippen LogP contribution is 2.27. The van der Waals surface area contributed by atoms with Gasteiger partial charge in [-0.25, -0.2) is 4.79 Å². The van der Waals surface area contributed by atoms with Crippen LogP contribution in [0.1, 0.15) is 157 Å². The van der Waals surface area contributed by atoms with Crippen molar-refractivity contribution in [1.82, 2.24) is 60.9 Å². The summed E-state index contributed by atoms with van der Waals surface area (Å²) in [7, 11) is 14.6. The fraction of sp³-hybridized carbons (Fsp3) is 0.789. The quantitative estimate of drug-likeness (QED) is 0.0432. The van der Waals surface area contributed by atoms with Crippen LogP contribution in [-0.2, 0) is 81.3 Å². The summed E-state index contributed by atoms with van der Waals surface area (Å²) < 4.78 is 22.2. The van der Waals surface area contributed by atoms with Gasteiger partial charge in [-0.1, -0.05) is 95.2 Å². The second-order valence-corrected chi connectivity index (χ2v) is 28.5. The van der Waals surface area contributed by atoms with Gasteiger partial charge in [-0.3, -0.25) is 57.5 Å². The first kappa shape index (κ1) is 92.7. The topological polar surface area (TPSA) is 342 Å². The van der Waals surface area contributed by atoms with Crippen molar-refractivity contribution in [3.05, 3.63) is 12.2 Å². The molecule has 0 aliphatic carbocycles. The van der Waals surface area contributed by atoms with Crippen molar-refractivity contribution in [3.8, 4) is 0 Å². The Kier molecular flexibility index (Phi) is 41.6. The van der Waals surface area contributed by atoms with E-state index in [2.05, 4.69) is 26.6 Å². The van der Waals surface area contributed by atoms with Crippen LogP contribution in [0.15, 0.2) is 12.2 Å². The van der Waals surface area contributed by atoms with Gasteiger partial charge in [0.1, 0.15) is 73.1 Å². The number of carbonyl (C=O) groups excluding carboxylic acids is 13. The molecule has 29 nitrogen and oxygen atoms in total. The number of hydrogen-bond acceptors (Lipinski definition) is 18. The third kappa shape index (κ3) is 28.3. The number of esters is 2. The van der Waals surface area contributed by atoms with Crippen molar-refractivity contribution < 1.29 is 81.3 Å². The first-order valence-electron chi connectivity index (χ1n) is 35.0. The maximum atomic E-state index is 15.3. The molecule has 0 aliphatic heterocycles. The summed E-state index contributed by atoms with van der Waals surface area (Å²) in [5.74, 6) is -11.3. The minimum Gasteiger partial charge on any atom is -0.462 e. The number of ether oxygens (including phenoxy) is 4. The molecule has 0 heterocycles. The summed E-state index contributed by atoms with van der Waals surface area (Å²) in [4.78, 5) is 193. The molecule has 29 heteroatoms. The number of hydrogen-bond donors (Lipinski definition) is 5. The van der Waals surface area contributed by atoms with Gasteiger partial charge in [-0.05, 0) is 102 Å². The lowest BCUT2D eigenvalue weighted by Crippen LogP contribution is -2.63. The van der Waals surface area contributed by atoms with Crippen molar-refractivity contribution in [1.29, 1.82) is 0 Å². The Morgan fingerprint density at radius 2 is 0.910 bits per heavy atom. The molecule has 13 unspecified atom stereocenters. The van der Waals surface area contributed by atoms with Gasteiger partial charge in [0.2, 0.25) is 65.0 Å². The number of methoxy groups -OCH3 is 2. The average molecular weight is 1420 g/mol. The maximum Gasteiger partial charge on any atom is 0.328 e. The summed E-state index contributed by atoms with van der Waals surface area (Å²) in [5.41, 5.74) is 0. The zero-order chi connectivity index (χ0) is 77.7. The Bertz CT molecular complexity index is 2720. The molecule has 100 heavy (non-hydrogen) atoms. The van der Waals surface area contributed by atoms with Gasteiger partial charge in [0.25, 0.3) is 0 Å².